The van der Waals surface area contributed by atoms with Gasteiger partial charge in [0.25, 0.3) is 5.91 Å². The predicted molar refractivity (Wildman–Crippen MR) is 117 cm³/mol. The highest BCUT2D eigenvalue weighted by Gasteiger charge is 2.25. The number of hydrogen-bond acceptors (Lipinski definition) is 3. The zero-order valence-corrected chi connectivity index (χ0v) is 17.5. The summed E-state index contributed by atoms with van der Waals surface area (Å²) in [5.41, 5.74) is 7.59. The van der Waals surface area contributed by atoms with E-state index in [-0.39, 0.29) is 11.3 Å². The second kappa shape index (κ2) is 7.48. The first-order chi connectivity index (χ1) is 13.8. The first-order valence-electron chi connectivity index (χ1n) is 10.0. The highest BCUT2D eigenvalue weighted by Crippen LogP contribution is 2.39. The molecule has 4 rings (SSSR count). The second-order valence-corrected chi connectivity index (χ2v) is 8.92. The van der Waals surface area contributed by atoms with Gasteiger partial charge in [-0.15, -0.1) is 0 Å². The average molecular weight is 389 g/mol. The molecule has 1 aromatic heterocycles. The fourth-order valence-electron chi connectivity index (χ4n) is 4.22. The lowest BCUT2D eigenvalue weighted by molar-refractivity contribution is 0.0929. The number of benzene rings is 2. The molecule has 150 valence electrons. The van der Waals surface area contributed by atoms with E-state index < -0.39 is 0 Å². The van der Waals surface area contributed by atoms with Crippen molar-refractivity contribution < 1.29 is 4.79 Å². The number of fused-ring (bicyclic) bond motifs is 3. The SMILES string of the molecule is CN(C)CC(C)(C)CNC(=O)c1ccc(-c2n[nH]c3c2Cc2ccccc2-3)cc1. The summed E-state index contributed by atoms with van der Waals surface area (Å²) in [6.07, 6.45) is 0.889. The molecule has 0 fully saturated rings. The van der Waals surface area contributed by atoms with Gasteiger partial charge in [-0.25, -0.2) is 0 Å². The first kappa shape index (κ1) is 19.4. The van der Waals surface area contributed by atoms with E-state index in [1.807, 2.05) is 38.4 Å². The summed E-state index contributed by atoms with van der Waals surface area (Å²) in [6, 6.07) is 16.2. The Balaban J connectivity index is 1.47. The van der Waals surface area contributed by atoms with Crippen molar-refractivity contribution >= 4 is 5.91 Å². The van der Waals surface area contributed by atoms with E-state index in [0.717, 1.165) is 29.9 Å². The molecule has 5 heteroatoms. The zero-order valence-electron chi connectivity index (χ0n) is 17.5. The zero-order chi connectivity index (χ0) is 20.6. The molecular formula is C24H28N4O. The molecule has 0 radical (unpaired) electrons. The molecule has 0 spiro atoms. The molecule has 2 N–H and O–H groups in total. The van der Waals surface area contributed by atoms with Gasteiger partial charge in [-0.1, -0.05) is 50.2 Å². The number of hydrogen-bond donors (Lipinski definition) is 2. The molecular weight excluding hydrogens is 360 g/mol. The van der Waals surface area contributed by atoms with Crippen molar-refractivity contribution in [2.45, 2.75) is 20.3 Å². The van der Waals surface area contributed by atoms with Crippen LogP contribution < -0.4 is 5.32 Å². The Bertz CT molecular complexity index is 1030. The van der Waals surface area contributed by atoms with Crippen LogP contribution in [-0.2, 0) is 6.42 Å². The molecule has 29 heavy (non-hydrogen) atoms. The molecule has 1 heterocycles. The van der Waals surface area contributed by atoms with Gasteiger partial charge < -0.3 is 10.2 Å². The molecule has 2 aromatic carbocycles. The lowest BCUT2D eigenvalue weighted by Gasteiger charge is -2.28. The molecule has 5 nitrogen and oxygen atoms in total. The Morgan fingerprint density at radius 1 is 1.14 bits per heavy atom. The third-order valence-electron chi connectivity index (χ3n) is 5.41. The summed E-state index contributed by atoms with van der Waals surface area (Å²) >= 11 is 0. The van der Waals surface area contributed by atoms with Gasteiger partial charge in [0.05, 0.1) is 11.4 Å². The maximum absolute atomic E-state index is 12.6. The third kappa shape index (κ3) is 3.96. The Morgan fingerprint density at radius 3 is 2.59 bits per heavy atom. The van der Waals surface area contributed by atoms with Crippen LogP contribution in [0.1, 0.15) is 35.3 Å². The maximum atomic E-state index is 12.6. The third-order valence-corrected chi connectivity index (χ3v) is 5.41. The standard InChI is InChI=1S/C24H28N4O/c1-24(2,15-28(3)4)14-25-23(29)17-11-9-16(10-12-17)21-20-13-18-7-5-6-8-19(18)22(20)27-26-21/h5-12H,13-15H2,1-4H3,(H,25,29)(H,26,27). The van der Waals surface area contributed by atoms with Crippen LogP contribution in [0.25, 0.3) is 22.5 Å². The van der Waals surface area contributed by atoms with Crippen LogP contribution in [-0.4, -0.2) is 48.2 Å². The van der Waals surface area contributed by atoms with E-state index in [9.17, 15) is 4.79 Å². The molecule has 1 aliphatic rings. The van der Waals surface area contributed by atoms with Crippen LogP contribution >= 0.6 is 0 Å². The van der Waals surface area contributed by atoms with Gasteiger partial charge in [-0.05, 0) is 37.2 Å². The summed E-state index contributed by atoms with van der Waals surface area (Å²) in [6.45, 7) is 5.87. The summed E-state index contributed by atoms with van der Waals surface area (Å²) in [5.74, 6) is -0.0388. The van der Waals surface area contributed by atoms with Gasteiger partial charge in [0.2, 0.25) is 0 Å². The Kier molecular flexibility index (Phi) is 5.01. The monoisotopic (exact) mass is 388 g/mol. The Hall–Kier alpha value is -2.92. The number of carbonyl (C=O) groups is 1. The van der Waals surface area contributed by atoms with Crippen molar-refractivity contribution in [3.05, 3.63) is 65.2 Å². The van der Waals surface area contributed by atoms with Crippen LogP contribution in [0, 0.1) is 5.41 Å². The molecule has 1 amide bonds. The number of H-pyrrole nitrogens is 1. The Labute approximate surface area is 172 Å². The van der Waals surface area contributed by atoms with Crippen molar-refractivity contribution in [1.29, 1.82) is 0 Å². The molecule has 0 aliphatic heterocycles. The van der Waals surface area contributed by atoms with E-state index in [1.54, 1.807) is 0 Å². The lowest BCUT2D eigenvalue weighted by atomic mass is 9.93. The lowest BCUT2D eigenvalue weighted by Crippen LogP contribution is -2.39. The van der Waals surface area contributed by atoms with E-state index in [1.165, 1.54) is 16.7 Å². The number of aromatic nitrogens is 2. The topological polar surface area (TPSA) is 61.0 Å². The summed E-state index contributed by atoms with van der Waals surface area (Å²) in [4.78, 5) is 14.7. The van der Waals surface area contributed by atoms with Crippen LogP contribution in [0.3, 0.4) is 0 Å². The molecule has 0 atom stereocenters. The number of rotatable bonds is 6. The number of nitrogens with zero attached hydrogens (tertiary/aromatic N) is 2. The van der Waals surface area contributed by atoms with E-state index in [2.05, 4.69) is 58.5 Å². The fraction of sp³-hybridized carbons (Fsp3) is 0.333. The van der Waals surface area contributed by atoms with E-state index >= 15 is 0 Å². The van der Waals surface area contributed by atoms with Crippen molar-refractivity contribution in [3.8, 4) is 22.5 Å². The minimum absolute atomic E-state index is 0.0176. The van der Waals surface area contributed by atoms with E-state index in [0.29, 0.717) is 12.1 Å². The van der Waals surface area contributed by atoms with E-state index in [4.69, 9.17) is 0 Å². The van der Waals surface area contributed by atoms with Gasteiger partial charge in [0, 0.05) is 41.8 Å². The highest BCUT2D eigenvalue weighted by atomic mass is 16.1. The summed E-state index contributed by atoms with van der Waals surface area (Å²) < 4.78 is 0. The van der Waals surface area contributed by atoms with Gasteiger partial charge in [-0.2, -0.15) is 5.10 Å². The molecule has 3 aromatic rings. The fourth-order valence-corrected chi connectivity index (χ4v) is 4.22. The molecule has 0 saturated heterocycles. The summed E-state index contributed by atoms with van der Waals surface area (Å²) in [5, 5.41) is 10.8. The van der Waals surface area contributed by atoms with Crippen LogP contribution in [0.15, 0.2) is 48.5 Å². The van der Waals surface area contributed by atoms with Crippen molar-refractivity contribution in [1.82, 2.24) is 20.4 Å². The first-order valence-corrected chi connectivity index (χ1v) is 10.0. The van der Waals surface area contributed by atoms with Gasteiger partial charge in [-0.3, -0.25) is 9.89 Å². The number of amides is 1. The predicted octanol–water partition coefficient (Wildman–Crippen LogP) is 3.97. The van der Waals surface area contributed by atoms with Crippen LogP contribution in [0.2, 0.25) is 0 Å². The van der Waals surface area contributed by atoms with Crippen LogP contribution in [0.4, 0.5) is 0 Å². The average Bonchev–Trinajstić information content (AvgIpc) is 3.24. The maximum Gasteiger partial charge on any atom is 0.251 e. The van der Waals surface area contributed by atoms with Crippen molar-refractivity contribution in [2.75, 3.05) is 27.2 Å². The van der Waals surface area contributed by atoms with Crippen molar-refractivity contribution in [2.24, 2.45) is 5.41 Å². The van der Waals surface area contributed by atoms with Crippen molar-refractivity contribution in [3.63, 3.8) is 0 Å². The quantitative estimate of drug-likeness (QED) is 0.525. The smallest absolute Gasteiger partial charge is 0.251 e. The molecule has 0 saturated carbocycles. The van der Waals surface area contributed by atoms with Gasteiger partial charge in [0.15, 0.2) is 0 Å². The van der Waals surface area contributed by atoms with Gasteiger partial charge >= 0.3 is 0 Å². The highest BCUT2D eigenvalue weighted by molar-refractivity contribution is 5.94. The Morgan fingerprint density at radius 2 is 1.86 bits per heavy atom. The largest absolute Gasteiger partial charge is 0.351 e. The minimum atomic E-state index is -0.0388. The minimum Gasteiger partial charge on any atom is -0.351 e. The second-order valence-electron chi connectivity index (χ2n) is 8.92. The molecule has 1 aliphatic carbocycles. The number of aromatic amines is 1. The normalized spacial score (nSPS) is 12.7. The molecule has 0 unspecified atom stereocenters. The summed E-state index contributed by atoms with van der Waals surface area (Å²) in [7, 11) is 4.10. The van der Waals surface area contributed by atoms with Gasteiger partial charge in [0.1, 0.15) is 0 Å². The number of carbonyl (C=O) groups excluding carboxylic acids is 1. The van der Waals surface area contributed by atoms with Crippen LogP contribution in [0.5, 0.6) is 0 Å². The number of nitrogens with one attached hydrogen (secondary N) is 2. The molecule has 0 bridgehead atoms.